The van der Waals surface area contributed by atoms with Crippen LogP contribution in [0.4, 0.5) is 0 Å². The smallest absolute Gasteiger partial charge is 0.246 e. The normalized spacial score (nSPS) is 19.8. The second-order valence-electron chi connectivity index (χ2n) is 16.4. The number of phenols is 1. The van der Waals surface area contributed by atoms with Crippen molar-refractivity contribution in [2.45, 2.75) is 87.6 Å². The van der Waals surface area contributed by atoms with E-state index in [1.165, 1.54) is 19.2 Å². The van der Waals surface area contributed by atoms with E-state index in [-0.39, 0.29) is 61.9 Å². The number of guanidine groups is 1. The SMILES string of the molecule is CN(CC(=O)N[C@@H](CCCN=C(N)N)C(=O)NCC(N)=O)C(=O)[C@@H]1CSSCCC(=O)N[C@H](Cc2ccc(O)cc2)C(=O)N[C@@H](Cc2ccccc2)C(=O)N[C@H](CCC(N)=O)C(=O)N[C@@H](CC(N)=O)C(=O)N1. The number of phenolic OH excluding ortho intramolecular Hbond substituents is 1. The predicted molar refractivity (Wildman–Crippen MR) is 265 cm³/mol. The fraction of sp³-hybridized carbons (Fsp3) is 0.455. The molecule has 1 aliphatic heterocycles. The average Bonchev–Trinajstić information content (AvgIpc) is 3.31. The highest BCUT2D eigenvalue weighted by atomic mass is 33.1. The first kappa shape index (κ1) is 58.7. The number of nitrogens with two attached hydrogens (primary N) is 5. The number of amides is 11. The van der Waals surface area contributed by atoms with Crippen LogP contribution in [0.25, 0.3) is 0 Å². The Morgan fingerprint density at radius 3 is 1.93 bits per heavy atom. The molecule has 2 aromatic rings. The van der Waals surface area contributed by atoms with E-state index in [9.17, 15) is 57.8 Å². The molecule has 1 heterocycles. The molecule has 0 radical (unpaired) electrons. The summed E-state index contributed by atoms with van der Waals surface area (Å²) < 4.78 is 0. The lowest BCUT2D eigenvalue weighted by Gasteiger charge is -2.28. The Hall–Kier alpha value is -7.62. The van der Waals surface area contributed by atoms with Gasteiger partial charge in [-0.3, -0.25) is 57.7 Å². The third-order valence-electron chi connectivity index (χ3n) is 10.4. The molecule has 1 saturated heterocycles. The molecule has 26 nitrogen and oxygen atoms in total. The first-order valence-electron chi connectivity index (χ1n) is 22.4. The zero-order chi connectivity index (χ0) is 53.3. The number of hydrogen-bond donors (Lipinski definition) is 13. The van der Waals surface area contributed by atoms with Crippen LogP contribution in [-0.4, -0.2) is 155 Å². The number of primary amides is 3. The largest absolute Gasteiger partial charge is 0.508 e. The quantitative estimate of drug-likeness (QED) is 0.0256. The van der Waals surface area contributed by atoms with Crippen molar-refractivity contribution in [3.8, 4) is 5.75 Å². The second-order valence-corrected chi connectivity index (χ2v) is 19.0. The molecule has 28 heteroatoms. The van der Waals surface area contributed by atoms with Crippen molar-refractivity contribution in [1.82, 2.24) is 42.1 Å². The number of likely N-dealkylation sites (N-methyl/N-ethyl adjacent to an activating group) is 1. The summed E-state index contributed by atoms with van der Waals surface area (Å²) in [6.07, 6.45) is -1.86. The lowest BCUT2D eigenvalue weighted by Crippen LogP contribution is -2.60. The molecule has 392 valence electrons. The number of nitrogens with one attached hydrogen (secondary N) is 7. The standard InChI is InChI=1S/C44H62N14O12S2/c1-58(22-37(64)52-27(8-5-16-50-44(48)49)38(65)51-21-35(47)62)43(70)32-23-72-71-17-15-36(63)53-29(19-25-9-11-26(59)12-10-25)40(67)55-30(18-24-6-3-2-4-7-24)41(68)54-28(13-14-33(45)60)39(66)56-31(20-34(46)61)42(69)57-32/h2-4,6-7,9-12,27-32,59H,5,8,13-23H2,1H3,(H2,45,60)(H2,46,61)(H2,47,62)(H,51,65)(H,52,64)(H,53,63)(H,54,68)(H,55,67)(H,56,66)(H,57,69)(H4,48,49,50)/t27-,28+,29+,30-,31-,32-/m0/s1. The highest BCUT2D eigenvalue weighted by molar-refractivity contribution is 8.76. The number of benzene rings is 2. The van der Waals surface area contributed by atoms with Crippen LogP contribution in [0.1, 0.15) is 49.7 Å². The third-order valence-corrected chi connectivity index (χ3v) is 12.8. The summed E-state index contributed by atoms with van der Waals surface area (Å²) in [4.78, 5) is 151. The second kappa shape index (κ2) is 30.2. The summed E-state index contributed by atoms with van der Waals surface area (Å²) in [5.41, 5.74) is 27.9. The molecule has 0 spiro atoms. The van der Waals surface area contributed by atoms with Crippen molar-refractivity contribution in [1.29, 1.82) is 0 Å². The van der Waals surface area contributed by atoms with Gasteiger partial charge in [0.1, 0.15) is 42.0 Å². The Labute approximate surface area is 422 Å². The molecule has 3 rings (SSSR count). The van der Waals surface area contributed by atoms with Crippen LogP contribution in [0.15, 0.2) is 59.6 Å². The molecule has 18 N–H and O–H groups in total. The maximum atomic E-state index is 14.2. The Morgan fingerprint density at radius 1 is 0.736 bits per heavy atom. The van der Waals surface area contributed by atoms with Gasteiger partial charge in [0, 0.05) is 50.8 Å². The maximum absolute atomic E-state index is 14.2. The summed E-state index contributed by atoms with van der Waals surface area (Å²) in [5, 5.41) is 27.4. The summed E-state index contributed by atoms with van der Waals surface area (Å²) in [6.45, 7) is -1.12. The molecule has 0 aromatic heterocycles. The molecular formula is C44H62N14O12S2. The molecule has 6 atom stereocenters. The van der Waals surface area contributed by atoms with Crippen LogP contribution < -0.4 is 65.9 Å². The Balaban J connectivity index is 1.99. The number of carbonyl (C=O) groups is 11. The molecule has 0 saturated carbocycles. The minimum absolute atomic E-state index is 0.00405. The van der Waals surface area contributed by atoms with Gasteiger partial charge in [-0.2, -0.15) is 0 Å². The molecule has 11 amide bonds. The van der Waals surface area contributed by atoms with Crippen molar-refractivity contribution in [3.05, 3.63) is 65.7 Å². The minimum Gasteiger partial charge on any atom is -0.508 e. The summed E-state index contributed by atoms with van der Waals surface area (Å²) in [7, 11) is 3.35. The van der Waals surface area contributed by atoms with Crippen molar-refractivity contribution < 1.29 is 57.8 Å². The van der Waals surface area contributed by atoms with Crippen molar-refractivity contribution in [2.75, 3.05) is 38.2 Å². The van der Waals surface area contributed by atoms with E-state index in [4.69, 9.17) is 28.7 Å². The van der Waals surface area contributed by atoms with Gasteiger partial charge in [-0.1, -0.05) is 64.1 Å². The van der Waals surface area contributed by atoms with Crippen LogP contribution >= 0.6 is 21.6 Å². The van der Waals surface area contributed by atoms with E-state index in [2.05, 4.69) is 42.2 Å². The maximum Gasteiger partial charge on any atom is 0.246 e. The molecular weight excluding hydrogens is 981 g/mol. The molecule has 2 aromatic carbocycles. The first-order valence-corrected chi connectivity index (χ1v) is 24.9. The Bertz CT molecular complexity index is 2290. The van der Waals surface area contributed by atoms with Gasteiger partial charge in [-0.25, -0.2) is 0 Å². The molecule has 0 unspecified atom stereocenters. The Kier molecular flexibility index (Phi) is 24.6. The zero-order valence-electron chi connectivity index (χ0n) is 39.4. The monoisotopic (exact) mass is 1040 g/mol. The van der Waals surface area contributed by atoms with Gasteiger partial charge >= 0.3 is 0 Å². The lowest BCUT2D eigenvalue weighted by atomic mass is 10.0. The average molecular weight is 1040 g/mol. The Morgan fingerprint density at radius 2 is 1.32 bits per heavy atom. The highest BCUT2D eigenvalue weighted by Crippen LogP contribution is 2.24. The van der Waals surface area contributed by atoms with Crippen molar-refractivity contribution >= 4 is 92.5 Å². The van der Waals surface area contributed by atoms with Gasteiger partial charge in [-0.05, 0) is 42.5 Å². The lowest BCUT2D eigenvalue weighted by molar-refractivity contribution is -0.139. The van der Waals surface area contributed by atoms with E-state index in [0.29, 0.717) is 11.1 Å². The van der Waals surface area contributed by atoms with Gasteiger partial charge in [0.15, 0.2) is 5.96 Å². The van der Waals surface area contributed by atoms with Gasteiger partial charge in [-0.15, -0.1) is 0 Å². The number of aliphatic imine (C=N–C) groups is 1. The number of hydrogen-bond acceptors (Lipinski definition) is 15. The predicted octanol–water partition coefficient (Wildman–Crippen LogP) is -4.87. The first-order chi connectivity index (χ1) is 34.1. The van der Waals surface area contributed by atoms with E-state index in [1.807, 2.05) is 0 Å². The molecule has 0 bridgehead atoms. The third kappa shape index (κ3) is 22.0. The number of rotatable bonds is 20. The number of nitrogens with zero attached hydrogens (tertiary/aromatic N) is 2. The number of aromatic hydroxyl groups is 1. The van der Waals surface area contributed by atoms with Crippen LogP contribution in [0.5, 0.6) is 5.75 Å². The summed E-state index contributed by atoms with van der Waals surface area (Å²) in [6, 6.07) is 5.57. The van der Waals surface area contributed by atoms with Crippen LogP contribution in [0.3, 0.4) is 0 Å². The number of carbonyl (C=O) groups excluding carboxylic acids is 11. The fourth-order valence-electron chi connectivity index (χ4n) is 6.81. The molecule has 0 aliphatic carbocycles. The molecule has 72 heavy (non-hydrogen) atoms. The van der Waals surface area contributed by atoms with Crippen LogP contribution in [0, 0.1) is 0 Å². The fourth-order valence-corrected chi connectivity index (χ4v) is 8.96. The molecule has 1 aliphatic rings. The van der Waals surface area contributed by atoms with Crippen LogP contribution in [-0.2, 0) is 65.6 Å². The summed E-state index contributed by atoms with van der Waals surface area (Å²) >= 11 is 0. The summed E-state index contributed by atoms with van der Waals surface area (Å²) in [5.74, 6) is -10.1. The van der Waals surface area contributed by atoms with E-state index in [0.717, 1.165) is 26.5 Å². The van der Waals surface area contributed by atoms with E-state index in [1.54, 1.807) is 42.5 Å². The van der Waals surface area contributed by atoms with Gasteiger partial charge in [0.25, 0.3) is 0 Å². The van der Waals surface area contributed by atoms with Gasteiger partial charge < -0.3 is 75.9 Å². The zero-order valence-corrected chi connectivity index (χ0v) is 41.0. The van der Waals surface area contributed by atoms with Gasteiger partial charge in [0.2, 0.25) is 65.0 Å². The minimum atomic E-state index is -1.78. The topological polar surface area (TPSA) is 438 Å². The van der Waals surface area contributed by atoms with E-state index >= 15 is 0 Å². The van der Waals surface area contributed by atoms with Crippen LogP contribution in [0.2, 0.25) is 0 Å². The molecule has 1 fully saturated rings. The van der Waals surface area contributed by atoms with E-state index < -0.39 is 134 Å². The van der Waals surface area contributed by atoms with Crippen molar-refractivity contribution in [2.24, 2.45) is 33.7 Å². The van der Waals surface area contributed by atoms with Gasteiger partial charge in [0.05, 0.1) is 19.5 Å². The van der Waals surface area contributed by atoms with Crippen molar-refractivity contribution in [3.63, 3.8) is 0 Å². The highest BCUT2D eigenvalue weighted by Gasteiger charge is 2.35.